The Hall–Kier alpha value is -3.23. The molecule has 0 saturated carbocycles. The molecule has 0 radical (unpaired) electrons. The number of aromatic amines is 1. The highest BCUT2D eigenvalue weighted by Gasteiger charge is 2.42. The quantitative estimate of drug-likeness (QED) is 0.172. The molecule has 7 nitrogen and oxygen atoms in total. The van der Waals surface area contributed by atoms with E-state index in [1.165, 1.54) is 0 Å². The predicted octanol–water partition coefficient (Wildman–Crippen LogP) is 7.47. The summed E-state index contributed by atoms with van der Waals surface area (Å²) in [5.41, 5.74) is 2.06. The lowest BCUT2D eigenvalue weighted by atomic mass is 9.89. The molecule has 1 aromatic heterocycles. The Bertz CT molecular complexity index is 1250. The standard InChI is InChI=1S/C33H47N3O4Si/c1-32(2,3)39-31(38)36-28(20-25-17-13-10-14-18-25)29(40-41(7,8)33(4,5)6)21-26(19-24-15-11-9-12-16-24)30-34-22-27(23-37)35-30/h9-18,22-23,26,28-29H,19-21H2,1-8H3,(H,34,35)(H,36,38)/t26-,28+,29+/m1/s1. The minimum Gasteiger partial charge on any atom is -0.444 e. The van der Waals surface area contributed by atoms with Crippen molar-refractivity contribution in [3.8, 4) is 0 Å². The van der Waals surface area contributed by atoms with Crippen molar-refractivity contribution in [2.45, 2.75) is 103 Å². The molecule has 2 N–H and O–H groups in total. The number of aromatic nitrogens is 2. The van der Waals surface area contributed by atoms with Crippen molar-refractivity contribution in [1.82, 2.24) is 15.3 Å². The first kappa shape index (κ1) is 32.3. The Morgan fingerprint density at radius 2 is 1.51 bits per heavy atom. The van der Waals surface area contributed by atoms with E-state index in [2.05, 4.69) is 73.4 Å². The van der Waals surface area contributed by atoms with E-state index in [-0.39, 0.29) is 23.1 Å². The van der Waals surface area contributed by atoms with Crippen LogP contribution >= 0.6 is 0 Å². The Labute approximate surface area is 246 Å². The number of rotatable bonds is 12. The molecule has 0 unspecified atom stereocenters. The highest BCUT2D eigenvalue weighted by molar-refractivity contribution is 6.74. The third-order valence-electron chi connectivity index (χ3n) is 7.67. The topological polar surface area (TPSA) is 93.3 Å². The van der Waals surface area contributed by atoms with Gasteiger partial charge in [-0.15, -0.1) is 0 Å². The summed E-state index contributed by atoms with van der Waals surface area (Å²) in [6.07, 6.45) is 3.40. The van der Waals surface area contributed by atoms with E-state index in [1.807, 2.05) is 57.2 Å². The molecule has 1 amide bonds. The van der Waals surface area contributed by atoms with Gasteiger partial charge >= 0.3 is 6.09 Å². The monoisotopic (exact) mass is 577 g/mol. The maximum absolute atomic E-state index is 13.2. The normalized spacial score (nSPS) is 14.6. The zero-order valence-electron chi connectivity index (χ0n) is 25.9. The number of carbonyl (C=O) groups excluding carboxylic acids is 2. The number of alkyl carbamates (subject to hydrolysis) is 1. The summed E-state index contributed by atoms with van der Waals surface area (Å²) >= 11 is 0. The summed E-state index contributed by atoms with van der Waals surface area (Å²) in [5.74, 6) is 0.648. The Kier molecular flexibility index (Phi) is 10.7. The van der Waals surface area contributed by atoms with Gasteiger partial charge in [0.15, 0.2) is 14.6 Å². The first-order valence-electron chi connectivity index (χ1n) is 14.4. The number of carbonyl (C=O) groups is 2. The minimum atomic E-state index is -2.29. The molecular formula is C33H47N3O4Si. The van der Waals surface area contributed by atoms with E-state index in [9.17, 15) is 9.59 Å². The number of nitrogens with one attached hydrogen (secondary N) is 2. The van der Waals surface area contributed by atoms with E-state index in [0.29, 0.717) is 25.0 Å². The van der Waals surface area contributed by atoms with Crippen molar-refractivity contribution in [1.29, 1.82) is 0 Å². The zero-order valence-corrected chi connectivity index (χ0v) is 26.9. The number of H-pyrrole nitrogens is 1. The molecule has 2 aromatic carbocycles. The van der Waals surface area contributed by atoms with Crippen molar-refractivity contribution in [3.05, 3.63) is 89.5 Å². The molecule has 0 fully saturated rings. The fraction of sp³-hybridized carbons (Fsp3) is 0.485. The van der Waals surface area contributed by atoms with Crippen molar-refractivity contribution >= 4 is 20.7 Å². The van der Waals surface area contributed by atoms with Crippen LogP contribution in [0.5, 0.6) is 0 Å². The number of ether oxygens (including phenoxy) is 1. The van der Waals surface area contributed by atoms with Gasteiger partial charge in [0.2, 0.25) is 0 Å². The molecule has 3 atom stereocenters. The van der Waals surface area contributed by atoms with Crippen LogP contribution in [-0.4, -0.2) is 48.4 Å². The average molecular weight is 578 g/mol. The summed E-state index contributed by atoms with van der Waals surface area (Å²) in [5, 5.41) is 3.14. The maximum Gasteiger partial charge on any atom is 0.407 e. The van der Waals surface area contributed by atoms with Gasteiger partial charge < -0.3 is 19.5 Å². The second kappa shape index (κ2) is 13.6. The minimum absolute atomic E-state index is 0.0429. The lowest BCUT2D eigenvalue weighted by Gasteiger charge is -2.42. The lowest BCUT2D eigenvalue weighted by Crippen LogP contribution is -2.53. The summed E-state index contributed by atoms with van der Waals surface area (Å²) in [6.45, 7) is 16.7. The maximum atomic E-state index is 13.2. The van der Waals surface area contributed by atoms with Crippen LogP contribution in [0, 0.1) is 0 Å². The first-order chi connectivity index (χ1) is 19.2. The number of imidazole rings is 1. The van der Waals surface area contributed by atoms with Crippen molar-refractivity contribution in [2.24, 2.45) is 0 Å². The van der Waals surface area contributed by atoms with E-state index in [0.717, 1.165) is 23.2 Å². The van der Waals surface area contributed by atoms with Crippen LogP contribution in [0.15, 0.2) is 66.9 Å². The zero-order chi connectivity index (χ0) is 30.3. The van der Waals surface area contributed by atoms with Crippen molar-refractivity contribution in [3.63, 3.8) is 0 Å². The van der Waals surface area contributed by atoms with Crippen molar-refractivity contribution in [2.75, 3.05) is 0 Å². The third kappa shape index (κ3) is 9.97. The molecule has 0 bridgehead atoms. The number of nitrogens with zero attached hydrogens (tertiary/aromatic N) is 1. The number of hydrogen-bond donors (Lipinski definition) is 2. The smallest absolute Gasteiger partial charge is 0.407 e. The highest BCUT2D eigenvalue weighted by atomic mass is 28.4. The second-order valence-electron chi connectivity index (χ2n) is 13.3. The molecule has 0 spiro atoms. The van der Waals surface area contributed by atoms with Crippen LogP contribution in [0.3, 0.4) is 0 Å². The van der Waals surface area contributed by atoms with Crippen LogP contribution in [0.4, 0.5) is 4.79 Å². The molecule has 1 heterocycles. The lowest BCUT2D eigenvalue weighted by molar-refractivity contribution is 0.0418. The molecule has 0 saturated heterocycles. The Morgan fingerprint density at radius 3 is 2.00 bits per heavy atom. The fourth-order valence-electron chi connectivity index (χ4n) is 4.54. The van der Waals surface area contributed by atoms with Gasteiger partial charge in [-0.25, -0.2) is 9.78 Å². The van der Waals surface area contributed by atoms with E-state index in [4.69, 9.17) is 9.16 Å². The fourth-order valence-corrected chi connectivity index (χ4v) is 5.91. The summed E-state index contributed by atoms with van der Waals surface area (Å²) in [6, 6.07) is 20.0. The predicted molar refractivity (Wildman–Crippen MR) is 167 cm³/mol. The third-order valence-corrected chi connectivity index (χ3v) is 12.2. The van der Waals surface area contributed by atoms with Gasteiger partial charge in [0.25, 0.3) is 0 Å². The van der Waals surface area contributed by atoms with Gasteiger partial charge in [-0.05, 0) is 69.3 Å². The van der Waals surface area contributed by atoms with Gasteiger partial charge in [-0.2, -0.15) is 0 Å². The molecule has 222 valence electrons. The first-order valence-corrected chi connectivity index (χ1v) is 17.3. The van der Waals surface area contributed by atoms with Crippen molar-refractivity contribution < 1.29 is 18.8 Å². The summed E-state index contributed by atoms with van der Waals surface area (Å²) in [4.78, 5) is 32.5. The highest BCUT2D eigenvalue weighted by Crippen LogP contribution is 2.39. The van der Waals surface area contributed by atoms with E-state index in [1.54, 1.807) is 6.20 Å². The van der Waals surface area contributed by atoms with Gasteiger partial charge in [-0.1, -0.05) is 81.4 Å². The summed E-state index contributed by atoms with van der Waals surface area (Å²) in [7, 11) is -2.29. The summed E-state index contributed by atoms with van der Waals surface area (Å²) < 4.78 is 12.9. The molecule has 0 aliphatic carbocycles. The average Bonchev–Trinajstić information content (AvgIpc) is 3.36. The largest absolute Gasteiger partial charge is 0.444 e. The van der Waals surface area contributed by atoms with E-state index < -0.39 is 20.0 Å². The SMILES string of the molecule is CC(C)(C)OC(=O)N[C@@H](Cc1ccccc1)[C@H](C[C@@H](Cc1ccccc1)c1ncc(C=O)[nH]1)O[Si](C)(C)C(C)(C)C. The number of aldehydes is 1. The van der Waals surface area contributed by atoms with Gasteiger partial charge in [-0.3, -0.25) is 4.79 Å². The molecule has 0 aliphatic rings. The van der Waals surface area contributed by atoms with Crippen LogP contribution in [0.25, 0.3) is 0 Å². The Balaban J connectivity index is 2.06. The Morgan fingerprint density at radius 1 is 0.951 bits per heavy atom. The van der Waals surface area contributed by atoms with Gasteiger partial charge in [0.05, 0.1) is 24.0 Å². The van der Waals surface area contributed by atoms with Crippen LogP contribution in [-0.2, 0) is 22.0 Å². The van der Waals surface area contributed by atoms with Crippen LogP contribution in [0.2, 0.25) is 18.1 Å². The molecule has 0 aliphatic heterocycles. The van der Waals surface area contributed by atoms with Crippen LogP contribution < -0.4 is 5.32 Å². The molecule has 8 heteroatoms. The molecule has 3 rings (SSSR count). The number of hydrogen-bond acceptors (Lipinski definition) is 5. The molecule has 3 aromatic rings. The number of amides is 1. The van der Waals surface area contributed by atoms with E-state index >= 15 is 0 Å². The second-order valence-corrected chi connectivity index (χ2v) is 18.1. The molecule has 41 heavy (non-hydrogen) atoms. The molecular weight excluding hydrogens is 530 g/mol. The number of benzene rings is 2. The van der Waals surface area contributed by atoms with Gasteiger partial charge in [0, 0.05) is 5.92 Å². The van der Waals surface area contributed by atoms with Gasteiger partial charge in [0.1, 0.15) is 11.4 Å². The van der Waals surface area contributed by atoms with Crippen LogP contribution in [0.1, 0.15) is 81.3 Å².